The maximum atomic E-state index is 12.3. The van der Waals surface area contributed by atoms with Crippen molar-refractivity contribution in [1.82, 2.24) is 9.03 Å². The first kappa shape index (κ1) is 29.6. The number of carbonyl (C=O) groups is 1. The number of hydrogen-bond acceptors (Lipinski definition) is 6. The fraction of sp³-hybridized carbons (Fsp3) is 0.967. The van der Waals surface area contributed by atoms with Crippen LogP contribution in [0.3, 0.4) is 0 Å². The van der Waals surface area contributed by atoms with E-state index in [1.54, 1.807) is 0 Å². The molecular formula is C30H52N2O6S. The summed E-state index contributed by atoms with van der Waals surface area (Å²) in [6.45, 7) is 12.1. The van der Waals surface area contributed by atoms with Gasteiger partial charge in [-0.05, 0) is 110 Å². The number of carbonyl (C=O) groups excluding carboxylic acids is 1. The summed E-state index contributed by atoms with van der Waals surface area (Å²) in [5.74, 6) is 2.55. The Labute approximate surface area is 235 Å². The zero-order valence-corrected chi connectivity index (χ0v) is 25.5. The number of aliphatic hydroxyl groups excluding tert-OH is 2. The molecule has 0 unspecified atom stereocenters. The average Bonchev–Trinajstić information content (AvgIpc) is 3.17. The Hall–Kier alpha value is -0.900. The van der Waals surface area contributed by atoms with Gasteiger partial charge in [-0.25, -0.2) is 9.52 Å². The van der Waals surface area contributed by atoms with Gasteiger partial charge in [0.1, 0.15) is 0 Å². The van der Waals surface area contributed by atoms with E-state index < -0.39 is 16.3 Å². The number of nitrogens with zero attached hydrogens (tertiary/aromatic N) is 1. The zero-order chi connectivity index (χ0) is 28.4. The lowest BCUT2D eigenvalue weighted by Gasteiger charge is -2.64. The molecule has 0 bridgehead atoms. The molecule has 1 heterocycles. The first-order chi connectivity index (χ1) is 18.2. The topological polar surface area (TPSA) is 116 Å². The van der Waals surface area contributed by atoms with Crippen molar-refractivity contribution in [2.75, 3.05) is 19.7 Å². The molecular weight excluding hydrogens is 516 g/mol. The second-order valence-corrected chi connectivity index (χ2v) is 16.7. The fourth-order valence-electron chi connectivity index (χ4n) is 10.3. The molecule has 0 radical (unpaired) electrons. The Morgan fingerprint density at radius 3 is 2.31 bits per heavy atom. The summed E-state index contributed by atoms with van der Waals surface area (Å²) in [6.07, 6.45) is 8.61. The van der Waals surface area contributed by atoms with E-state index >= 15 is 0 Å². The van der Waals surface area contributed by atoms with Gasteiger partial charge in [0, 0.05) is 13.1 Å². The van der Waals surface area contributed by atoms with E-state index in [0.717, 1.165) is 51.4 Å². The predicted octanol–water partition coefficient (Wildman–Crippen LogP) is 4.71. The molecule has 0 aromatic carbocycles. The van der Waals surface area contributed by atoms with Gasteiger partial charge in [-0.15, -0.1) is 0 Å². The third kappa shape index (κ3) is 5.16. The summed E-state index contributed by atoms with van der Waals surface area (Å²) in [6, 6.07) is 0. The molecule has 3 N–H and O–H groups in total. The molecule has 39 heavy (non-hydrogen) atoms. The van der Waals surface area contributed by atoms with E-state index in [1.165, 1.54) is 10.7 Å². The van der Waals surface area contributed by atoms with Gasteiger partial charge in [0.05, 0.1) is 18.8 Å². The summed E-state index contributed by atoms with van der Waals surface area (Å²) in [5, 5.41) is 22.3. The molecule has 8 nitrogen and oxygen atoms in total. The van der Waals surface area contributed by atoms with Crippen molar-refractivity contribution in [2.24, 2.45) is 51.8 Å². The maximum absolute atomic E-state index is 12.3. The highest BCUT2D eigenvalue weighted by molar-refractivity contribution is 7.87. The molecule has 5 aliphatic rings. The van der Waals surface area contributed by atoms with Crippen molar-refractivity contribution in [1.29, 1.82) is 0 Å². The fourth-order valence-corrected chi connectivity index (χ4v) is 11.8. The lowest BCUT2D eigenvalue weighted by Crippen LogP contribution is -2.62. The summed E-state index contributed by atoms with van der Waals surface area (Å²) < 4.78 is 33.3. The van der Waals surface area contributed by atoms with E-state index in [1.807, 2.05) is 18.6 Å². The standard InChI is InChI=1S/C30H52N2O6S/c1-6-21-24-16-20(33)11-13-30(24,5)23-12-14-29(4)19(9-10-22(29)25(23)26(21)34)8-7-15-38-27(35)31-39(36,37)32-17-28(2,3)18-32/h19-26,33-34H,6-18H2,1-5H3,(H,31,35)/t19-,20+,21+,22-,23-,24-,25-,26+,29+,30+/m0/s1. The lowest BCUT2D eigenvalue weighted by atomic mass is 9.41. The minimum absolute atomic E-state index is 0.0590. The molecule has 9 heteroatoms. The Morgan fingerprint density at radius 2 is 1.64 bits per heavy atom. The van der Waals surface area contributed by atoms with Crippen molar-refractivity contribution in [3.05, 3.63) is 0 Å². The molecule has 10 atom stereocenters. The van der Waals surface area contributed by atoms with Crippen LogP contribution in [-0.2, 0) is 14.9 Å². The van der Waals surface area contributed by atoms with Crippen LogP contribution in [0.2, 0.25) is 0 Å². The molecule has 5 fully saturated rings. The van der Waals surface area contributed by atoms with Crippen LogP contribution >= 0.6 is 0 Å². The van der Waals surface area contributed by atoms with Crippen LogP contribution in [0.25, 0.3) is 0 Å². The summed E-state index contributed by atoms with van der Waals surface area (Å²) in [4.78, 5) is 12.2. The van der Waals surface area contributed by atoms with Crippen molar-refractivity contribution in [3.8, 4) is 0 Å². The molecule has 0 aromatic rings. The van der Waals surface area contributed by atoms with Crippen molar-refractivity contribution in [2.45, 2.75) is 111 Å². The van der Waals surface area contributed by atoms with Gasteiger partial charge in [0.25, 0.3) is 0 Å². The molecule has 0 spiro atoms. The molecule has 4 saturated carbocycles. The number of fused-ring (bicyclic) bond motifs is 5. The zero-order valence-electron chi connectivity index (χ0n) is 24.7. The van der Waals surface area contributed by atoms with Gasteiger partial charge in [-0.1, -0.05) is 41.0 Å². The van der Waals surface area contributed by atoms with Crippen LogP contribution in [0.4, 0.5) is 4.79 Å². The lowest BCUT2D eigenvalue weighted by molar-refractivity contribution is -0.202. The molecule has 1 saturated heterocycles. The summed E-state index contributed by atoms with van der Waals surface area (Å²) in [5.41, 5.74) is 0.320. The normalized spacial score (nSPS) is 45.4. The van der Waals surface area contributed by atoms with Gasteiger partial charge in [-0.2, -0.15) is 12.7 Å². The van der Waals surface area contributed by atoms with Crippen LogP contribution in [0.5, 0.6) is 0 Å². The van der Waals surface area contributed by atoms with Crippen LogP contribution in [-0.4, -0.2) is 60.9 Å². The van der Waals surface area contributed by atoms with E-state index in [-0.39, 0.29) is 41.0 Å². The molecule has 0 aromatic heterocycles. The van der Waals surface area contributed by atoms with Gasteiger partial charge < -0.3 is 14.9 Å². The van der Waals surface area contributed by atoms with E-state index in [4.69, 9.17) is 4.74 Å². The number of nitrogens with one attached hydrogen (secondary N) is 1. The molecule has 1 amide bonds. The van der Waals surface area contributed by atoms with Gasteiger partial charge >= 0.3 is 16.3 Å². The second kappa shape index (κ2) is 10.4. The SMILES string of the molecule is CC[C@H]1[C@@H](O)[C@@H]2[C@H](CC[C@]3(C)[C@@H](CCCOC(=O)NS(=O)(=O)N4CC(C)(C)C4)CC[C@@H]23)[C@@]2(C)CC[C@@H](O)C[C@@H]12. The Bertz CT molecular complexity index is 1030. The quantitative estimate of drug-likeness (QED) is 0.383. The van der Waals surface area contributed by atoms with Crippen LogP contribution < -0.4 is 4.72 Å². The number of hydrogen-bond donors (Lipinski definition) is 3. The maximum Gasteiger partial charge on any atom is 0.421 e. The highest BCUT2D eigenvalue weighted by Crippen LogP contribution is 2.69. The highest BCUT2D eigenvalue weighted by Gasteiger charge is 2.64. The molecule has 4 aliphatic carbocycles. The minimum Gasteiger partial charge on any atom is -0.449 e. The monoisotopic (exact) mass is 568 g/mol. The van der Waals surface area contributed by atoms with E-state index in [9.17, 15) is 23.4 Å². The van der Waals surface area contributed by atoms with E-state index in [0.29, 0.717) is 49.1 Å². The van der Waals surface area contributed by atoms with Crippen LogP contribution in [0, 0.1) is 51.8 Å². The molecule has 5 rings (SSSR count). The summed E-state index contributed by atoms with van der Waals surface area (Å²) in [7, 11) is -3.84. The van der Waals surface area contributed by atoms with Gasteiger partial charge in [0.15, 0.2) is 0 Å². The first-order valence-corrected chi connectivity index (χ1v) is 17.0. The smallest absolute Gasteiger partial charge is 0.421 e. The molecule has 1 aliphatic heterocycles. The number of rotatable bonds is 7. The third-order valence-electron chi connectivity index (χ3n) is 12.3. The molecule has 224 valence electrons. The largest absolute Gasteiger partial charge is 0.449 e. The van der Waals surface area contributed by atoms with Gasteiger partial charge in [0.2, 0.25) is 0 Å². The van der Waals surface area contributed by atoms with Crippen molar-refractivity contribution < 1.29 is 28.2 Å². The van der Waals surface area contributed by atoms with E-state index in [2.05, 4.69) is 20.8 Å². The Balaban J connectivity index is 1.17. The highest BCUT2D eigenvalue weighted by atomic mass is 32.2. The van der Waals surface area contributed by atoms with Crippen molar-refractivity contribution >= 4 is 16.3 Å². The van der Waals surface area contributed by atoms with Crippen LogP contribution in [0.1, 0.15) is 98.8 Å². The Kier molecular flexibility index (Phi) is 7.91. The third-order valence-corrected chi connectivity index (χ3v) is 13.6. The van der Waals surface area contributed by atoms with Crippen molar-refractivity contribution in [3.63, 3.8) is 0 Å². The predicted molar refractivity (Wildman–Crippen MR) is 150 cm³/mol. The van der Waals surface area contributed by atoms with Crippen LogP contribution in [0.15, 0.2) is 0 Å². The number of aliphatic hydroxyl groups is 2. The average molecular weight is 569 g/mol. The Morgan fingerprint density at radius 1 is 0.974 bits per heavy atom. The number of amides is 1. The first-order valence-electron chi connectivity index (χ1n) is 15.5. The van der Waals surface area contributed by atoms with Gasteiger partial charge in [-0.3, -0.25) is 0 Å². The number of ether oxygens (including phenoxy) is 1. The second-order valence-electron chi connectivity index (χ2n) is 15.0. The summed E-state index contributed by atoms with van der Waals surface area (Å²) >= 11 is 0. The minimum atomic E-state index is -3.84.